The molecule has 0 amide bonds. The second kappa shape index (κ2) is 4.77. The van der Waals surface area contributed by atoms with Crippen LogP contribution in [-0.2, 0) is 9.47 Å². The Morgan fingerprint density at radius 3 is 2.33 bits per heavy atom. The lowest BCUT2D eigenvalue weighted by molar-refractivity contribution is -0.0700. The molecule has 0 aromatic rings. The van der Waals surface area contributed by atoms with E-state index in [1.54, 1.807) is 7.11 Å². The van der Waals surface area contributed by atoms with Gasteiger partial charge in [0, 0.05) is 26.3 Å². The average Bonchev–Trinajstić information content (AvgIpc) is 2.96. The van der Waals surface area contributed by atoms with Crippen LogP contribution in [0.4, 0.5) is 0 Å². The van der Waals surface area contributed by atoms with E-state index in [2.05, 4.69) is 33.0 Å². The van der Waals surface area contributed by atoms with Gasteiger partial charge in [0.1, 0.15) is 0 Å². The maximum absolute atomic E-state index is 6.13. The van der Waals surface area contributed by atoms with Crippen LogP contribution in [0.2, 0.25) is 0 Å². The molecule has 1 atom stereocenters. The zero-order valence-electron chi connectivity index (χ0n) is 12.6. The molecule has 2 rings (SSSR count). The molecule has 1 heterocycles. The van der Waals surface area contributed by atoms with Crippen molar-refractivity contribution >= 4 is 0 Å². The predicted octanol–water partition coefficient (Wildman–Crippen LogP) is 2.74. The first-order valence-corrected chi connectivity index (χ1v) is 7.21. The smallest absolute Gasteiger partial charge is 0.0787 e. The van der Waals surface area contributed by atoms with Gasteiger partial charge in [-0.15, -0.1) is 0 Å². The van der Waals surface area contributed by atoms with Gasteiger partial charge in [-0.1, -0.05) is 0 Å². The first-order chi connectivity index (χ1) is 8.29. The van der Waals surface area contributed by atoms with Crippen molar-refractivity contribution < 1.29 is 9.47 Å². The van der Waals surface area contributed by atoms with Crippen LogP contribution >= 0.6 is 0 Å². The number of nitrogens with one attached hydrogen (secondary N) is 1. The minimum Gasteiger partial charge on any atom is -0.385 e. The fourth-order valence-electron chi connectivity index (χ4n) is 3.23. The molecule has 2 fully saturated rings. The molecule has 3 heteroatoms. The first kappa shape index (κ1) is 14.3. The van der Waals surface area contributed by atoms with Crippen molar-refractivity contribution in [2.45, 2.75) is 70.6 Å². The topological polar surface area (TPSA) is 30.5 Å². The summed E-state index contributed by atoms with van der Waals surface area (Å²) in [6, 6.07) is 0.465. The van der Waals surface area contributed by atoms with E-state index >= 15 is 0 Å². The summed E-state index contributed by atoms with van der Waals surface area (Å²) in [5.41, 5.74) is 0.462. The van der Waals surface area contributed by atoms with Gasteiger partial charge in [-0.05, 0) is 58.8 Å². The third kappa shape index (κ3) is 3.25. The molecule has 1 aliphatic heterocycles. The van der Waals surface area contributed by atoms with E-state index in [0.29, 0.717) is 11.5 Å². The summed E-state index contributed by atoms with van der Waals surface area (Å²) in [6.45, 7) is 10.8. The van der Waals surface area contributed by atoms with Gasteiger partial charge < -0.3 is 14.8 Å². The molecule has 0 aromatic heterocycles. The molecule has 1 saturated heterocycles. The molecular formula is C15H29NO2. The van der Waals surface area contributed by atoms with E-state index in [0.717, 1.165) is 19.6 Å². The molecule has 1 saturated carbocycles. The quantitative estimate of drug-likeness (QED) is 0.791. The molecule has 1 N–H and O–H groups in total. The SMILES string of the molecule is COCCC1(CNC2CC(C)(C)OC2(C)C)CC1. The third-order valence-corrected chi connectivity index (χ3v) is 4.59. The fourth-order valence-corrected chi connectivity index (χ4v) is 3.23. The molecule has 1 unspecified atom stereocenters. The average molecular weight is 255 g/mol. The summed E-state index contributed by atoms with van der Waals surface area (Å²) in [5.74, 6) is 0. The Hall–Kier alpha value is -0.120. The van der Waals surface area contributed by atoms with E-state index in [-0.39, 0.29) is 11.2 Å². The van der Waals surface area contributed by atoms with Crippen LogP contribution in [0.1, 0.15) is 53.4 Å². The maximum atomic E-state index is 6.13. The van der Waals surface area contributed by atoms with E-state index in [9.17, 15) is 0 Å². The Morgan fingerprint density at radius 1 is 1.22 bits per heavy atom. The molecule has 2 aliphatic rings. The molecule has 3 nitrogen and oxygen atoms in total. The van der Waals surface area contributed by atoms with Crippen molar-refractivity contribution in [2.75, 3.05) is 20.3 Å². The molecule has 0 bridgehead atoms. The van der Waals surface area contributed by atoms with Crippen molar-refractivity contribution in [1.29, 1.82) is 0 Å². The van der Waals surface area contributed by atoms with Crippen molar-refractivity contribution in [3.63, 3.8) is 0 Å². The molecule has 0 aromatic carbocycles. The van der Waals surface area contributed by atoms with Crippen LogP contribution in [0.15, 0.2) is 0 Å². The number of hydrogen-bond acceptors (Lipinski definition) is 3. The maximum Gasteiger partial charge on any atom is 0.0787 e. The predicted molar refractivity (Wildman–Crippen MR) is 73.8 cm³/mol. The van der Waals surface area contributed by atoms with Crippen LogP contribution in [0, 0.1) is 5.41 Å². The van der Waals surface area contributed by atoms with E-state index in [1.807, 2.05) is 0 Å². The highest BCUT2D eigenvalue weighted by Crippen LogP contribution is 2.48. The van der Waals surface area contributed by atoms with Crippen LogP contribution in [0.3, 0.4) is 0 Å². The van der Waals surface area contributed by atoms with Crippen LogP contribution in [0.25, 0.3) is 0 Å². The van der Waals surface area contributed by atoms with Crippen LogP contribution in [-0.4, -0.2) is 37.5 Å². The summed E-state index contributed by atoms with van der Waals surface area (Å²) >= 11 is 0. The molecule has 0 spiro atoms. The molecule has 18 heavy (non-hydrogen) atoms. The minimum atomic E-state index is -0.0547. The van der Waals surface area contributed by atoms with Gasteiger partial charge in [0.25, 0.3) is 0 Å². The highest BCUT2D eigenvalue weighted by Gasteiger charge is 2.48. The highest BCUT2D eigenvalue weighted by molar-refractivity contribution is 5.02. The van der Waals surface area contributed by atoms with Crippen molar-refractivity contribution in [3.05, 3.63) is 0 Å². The molecular weight excluding hydrogens is 226 g/mol. The summed E-state index contributed by atoms with van der Waals surface area (Å²) in [5, 5.41) is 3.76. The summed E-state index contributed by atoms with van der Waals surface area (Å²) < 4.78 is 11.3. The number of ether oxygens (including phenoxy) is 2. The highest BCUT2D eigenvalue weighted by atomic mass is 16.5. The first-order valence-electron chi connectivity index (χ1n) is 7.21. The Balaban J connectivity index is 1.83. The molecule has 106 valence electrons. The zero-order chi connectivity index (χ0) is 13.4. The van der Waals surface area contributed by atoms with E-state index in [4.69, 9.17) is 9.47 Å². The van der Waals surface area contributed by atoms with E-state index < -0.39 is 0 Å². The van der Waals surface area contributed by atoms with Crippen molar-refractivity contribution in [1.82, 2.24) is 5.32 Å². The van der Waals surface area contributed by atoms with Gasteiger partial charge in [0.2, 0.25) is 0 Å². The lowest BCUT2D eigenvalue weighted by atomic mass is 9.93. The van der Waals surface area contributed by atoms with Gasteiger partial charge in [0.15, 0.2) is 0 Å². The van der Waals surface area contributed by atoms with Gasteiger partial charge in [-0.25, -0.2) is 0 Å². The summed E-state index contributed by atoms with van der Waals surface area (Å²) in [4.78, 5) is 0. The number of methoxy groups -OCH3 is 1. The monoisotopic (exact) mass is 255 g/mol. The van der Waals surface area contributed by atoms with Gasteiger partial charge in [-0.3, -0.25) is 0 Å². The van der Waals surface area contributed by atoms with Gasteiger partial charge >= 0.3 is 0 Å². The number of rotatable bonds is 6. The summed E-state index contributed by atoms with van der Waals surface area (Å²) in [6.07, 6.45) is 4.98. The van der Waals surface area contributed by atoms with Crippen LogP contribution in [0.5, 0.6) is 0 Å². The van der Waals surface area contributed by atoms with Crippen molar-refractivity contribution in [3.8, 4) is 0 Å². The Morgan fingerprint density at radius 2 is 1.89 bits per heavy atom. The largest absolute Gasteiger partial charge is 0.385 e. The van der Waals surface area contributed by atoms with Gasteiger partial charge in [0.05, 0.1) is 11.2 Å². The fraction of sp³-hybridized carbons (Fsp3) is 1.00. The minimum absolute atomic E-state index is 0.00438. The van der Waals surface area contributed by atoms with Crippen molar-refractivity contribution in [2.24, 2.45) is 5.41 Å². The molecule has 1 aliphatic carbocycles. The standard InChI is InChI=1S/C15H29NO2/c1-13(2)10-12(14(3,4)18-13)16-11-15(6-7-15)8-9-17-5/h12,16H,6-11H2,1-5H3. The second-order valence-electron chi connectivity index (χ2n) is 7.35. The lowest BCUT2D eigenvalue weighted by Crippen LogP contribution is -2.45. The Labute approximate surface area is 112 Å². The second-order valence-corrected chi connectivity index (χ2v) is 7.35. The zero-order valence-corrected chi connectivity index (χ0v) is 12.6. The third-order valence-electron chi connectivity index (χ3n) is 4.59. The van der Waals surface area contributed by atoms with E-state index in [1.165, 1.54) is 19.3 Å². The number of hydrogen-bond donors (Lipinski definition) is 1. The Kier molecular flexibility index (Phi) is 3.79. The lowest BCUT2D eigenvalue weighted by Gasteiger charge is -2.29. The Bertz CT molecular complexity index is 295. The molecule has 0 radical (unpaired) electrons. The normalized spacial score (nSPS) is 31.5. The summed E-state index contributed by atoms with van der Waals surface area (Å²) in [7, 11) is 1.79. The van der Waals surface area contributed by atoms with Crippen LogP contribution < -0.4 is 5.32 Å². The van der Waals surface area contributed by atoms with Gasteiger partial charge in [-0.2, -0.15) is 0 Å².